The molecule has 1 amide bonds. The Hall–Kier alpha value is -1.01. The van der Waals surface area contributed by atoms with E-state index in [1.807, 2.05) is 0 Å². The van der Waals surface area contributed by atoms with Gasteiger partial charge >= 0.3 is 0 Å². The van der Waals surface area contributed by atoms with Crippen LogP contribution in [-0.2, 0) is 9.53 Å². The molecular formula is C16H26FN3O2. The van der Waals surface area contributed by atoms with Gasteiger partial charge in [0.1, 0.15) is 11.4 Å². The lowest BCUT2D eigenvalue weighted by Crippen LogP contribution is -2.47. The second kappa shape index (κ2) is 7.04. The van der Waals surface area contributed by atoms with Gasteiger partial charge in [-0.25, -0.2) is 0 Å². The number of alkyl halides is 1. The van der Waals surface area contributed by atoms with E-state index in [4.69, 9.17) is 9.73 Å². The minimum atomic E-state index is -0.505. The standard InChI is InChI=1S/C16H26FN3O2/c17-8-1-11-22-13-4-2-12(3-5-13)14-19-15(21)16(20-14)6-9-18-10-7-16/h12-13,18H,1-11H2,(H,19,20,21). The molecule has 0 atom stereocenters. The first kappa shape index (κ1) is 15.9. The molecule has 2 aliphatic heterocycles. The summed E-state index contributed by atoms with van der Waals surface area (Å²) in [5.74, 6) is 1.33. The molecule has 0 aromatic carbocycles. The number of amidine groups is 1. The van der Waals surface area contributed by atoms with E-state index in [2.05, 4.69) is 10.6 Å². The van der Waals surface area contributed by atoms with Crippen LogP contribution in [-0.4, -0.2) is 49.8 Å². The maximum atomic E-state index is 12.3. The minimum Gasteiger partial charge on any atom is -0.378 e. The molecule has 1 spiro atoms. The van der Waals surface area contributed by atoms with Crippen molar-refractivity contribution in [3.05, 3.63) is 0 Å². The van der Waals surface area contributed by atoms with Crippen LogP contribution < -0.4 is 10.6 Å². The Morgan fingerprint density at radius 2 is 1.95 bits per heavy atom. The number of carbonyl (C=O) groups excluding carboxylic acids is 1. The van der Waals surface area contributed by atoms with E-state index < -0.39 is 5.54 Å². The van der Waals surface area contributed by atoms with Crippen molar-refractivity contribution in [2.24, 2.45) is 10.9 Å². The van der Waals surface area contributed by atoms with Gasteiger partial charge in [0, 0.05) is 12.5 Å². The molecule has 0 aromatic rings. The number of hydrogen-bond acceptors (Lipinski definition) is 4. The van der Waals surface area contributed by atoms with Gasteiger partial charge in [-0.1, -0.05) is 0 Å². The fraction of sp³-hybridized carbons (Fsp3) is 0.875. The highest BCUT2D eigenvalue weighted by atomic mass is 19.1. The predicted octanol–water partition coefficient (Wildman–Crippen LogP) is 1.57. The van der Waals surface area contributed by atoms with E-state index in [0.29, 0.717) is 18.9 Å². The molecule has 0 radical (unpaired) electrons. The highest BCUT2D eigenvalue weighted by Crippen LogP contribution is 2.33. The van der Waals surface area contributed by atoms with Crippen LogP contribution in [0.25, 0.3) is 0 Å². The van der Waals surface area contributed by atoms with Crippen LogP contribution in [0.1, 0.15) is 44.9 Å². The Labute approximate surface area is 131 Å². The molecule has 1 saturated heterocycles. The lowest BCUT2D eigenvalue weighted by molar-refractivity contribution is -0.124. The number of rotatable bonds is 5. The number of aliphatic imine (C=N–C) groups is 1. The topological polar surface area (TPSA) is 62.7 Å². The molecule has 6 heteroatoms. The Bertz CT molecular complexity index is 427. The van der Waals surface area contributed by atoms with Crippen molar-refractivity contribution < 1.29 is 13.9 Å². The SMILES string of the molecule is O=C1NC(C2CCC(OCCCF)CC2)=NC12CCNCC2. The average Bonchev–Trinajstić information content (AvgIpc) is 2.86. The molecule has 0 bridgehead atoms. The number of ether oxygens (including phenoxy) is 1. The van der Waals surface area contributed by atoms with Gasteiger partial charge in [-0.05, 0) is 58.0 Å². The second-order valence-electron chi connectivity index (χ2n) is 6.62. The monoisotopic (exact) mass is 311 g/mol. The number of hydrogen-bond donors (Lipinski definition) is 2. The third-order valence-corrected chi connectivity index (χ3v) is 5.12. The summed E-state index contributed by atoms with van der Waals surface area (Å²) in [5, 5.41) is 6.33. The number of amides is 1. The molecule has 2 N–H and O–H groups in total. The fourth-order valence-electron chi connectivity index (χ4n) is 3.72. The number of nitrogens with zero attached hydrogens (tertiary/aromatic N) is 1. The number of nitrogens with one attached hydrogen (secondary N) is 2. The molecule has 0 unspecified atom stereocenters. The highest BCUT2D eigenvalue weighted by Gasteiger charge is 2.45. The van der Waals surface area contributed by atoms with Gasteiger partial charge in [0.25, 0.3) is 5.91 Å². The molecule has 1 aliphatic carbocycles. The molecule has 5 nitrogen and oxygen atoms in total. The first-order valence-electron chi connectivity index (χ1n) is 8.53. The van der Waals surface area contributed by atoms with Gasteiger partial charge in [-0.2, -0.15) is 0 Å². The lowest BCUT2D eigenvalue weighted by atomic mass is 9.86. The smallest absolute Gasteiger partial charge is 0.253 e. The quantitative estimate of drug-likeness (QED) is 0.758. The van der Waals surface area contributed by atoms with Crippen molar-refractivity contribution in [3.8, 4) is 0 Å². The maximum Gasteiger partial charge on any atom is 0.253 e. The molecule has 2 fully saturated rings. The lowest BCUT2D eigenvalue weighted by Gasteiger charge is -2.29. The van der Waals surface area contributed by atoms with Crippen LogP contribution in [0.4, 0.5) is 4.39 Å². The molecule has 3 rings (SSSR count). The number of halogens is 1. The Balaban J connectivity index is 1.53. The first-order valence-corrected chi connectivity index (χ1v) is 8.53. The molecule has 22 heavy (non-hydrogen) atoms. The van der Waals surface area contributed by atoms with Crippen LogP contribution in [0.5, 0.6) is 0 Å². The summed E-state index contributed by atoms with van der Waals surface area (Å²) in [6, 6.07) is 0. The fourth-order valence-corrected chi connectivity index (χ4v) is 3.72. The molecule has 2 heterocycles. The van der Waals surface area contributed by atoms with Crippen LogP contribution in [0.3, 0.4) is 0 Å². The van der Waals surface area contributed by atoms with E-state index in [0.717, 1.165) is 57.5 Å². The molecule has 124 valence electrons. The summed E-state index contributed by atoms with van der Waals surface area (Å²) in [6.45, 7) is 1.92. The zero-order valence-corrected chi connectivity index (χ0v) is 13.1. The van der Waals surface area contributed by atoms with Gasteiger partial charge in [0.2, 0.25) is 0 Å². The minimum absolute atomic E-state index is 0.0883. The Morgan fingerprint density at radius 3 is 2.64 bits per heavy atom. The van der Waals surface area contributed by atoms with Crippen molar-refractivity contribution >= 4 is 11.7 Å². The van der Waals surface area contributed by atoms with E-state index in [1.165, 1.54) is 0 Å². The largest absolute Gasteiger partial charge is 0.378 e. The summed E-state index contributed by atoms with van der Waals surface area (Å²) < 4.78 is 17.8. The van der Waals surface area contributed by atoms with Crippen LogP contribution >= 0.6 is 0 Å². The summed E-state index contributed by atoms with van der Waals surface area (Å²) >= 11 is 0. The van der Waals surface area contributed by atoms with Gasteiger partial charge in [-0.15, -0.1) is 0 Å². The third-order valence-electron chi connectivity index (χ3n) is 5.12. The van der Waals surface area contributed by atoms with E-state index >= 15 is 0 Å². The first-order chi connectivity index (χ1) is 10.7. The third kappa shape index (κ3) is 3.33. The van der Waals surface area contributed by atoms with Crippen molar-refractivity contribution in [1.82, 2.24) is 10.6 Å². The zero-order valence-electron chi connectivity index (χ0n) is 13.1. The van der Waals surface area contributed by atoms with Crippen molar-refractivity contribution in [2.45, 2.75) is 56.6 Å². The zero-order chi connectivity index (χ0) is 15.4. The van der Waals surface area contributed by atoms with Crippen LogP contribution in [0.15, 0.2) is 4.99 Å². The normalized spacial score (nSPS) is 31.1. The molecule has 0 aromatic heterocycles. The van der Waals surface area contributed by atoms with E-state index in [1.54, 1.807) is 0 Å². The van der Waals surface area contributed by atoms with Crippen molar-refractivity contribution in [3.63, 3.8) is 0 Å². The molecule has 1 saturated carbocycles. The van der Waals surface area contributed by atoms with Gasteiger partial charge in [0.05, 0.1) is 12.8 Å². The molecule has 3 aliphatic rings. The van der Waals surface area contributed by atoms with E-state index in [-0.39, 0.29) is 18.7 Å². The van der Waals surface area contributed by atoms with Gasteiger partial charge in [-0.3, -0.25) is 14.2 Å². The van der Waals surface area contributed by atoms with E-state index in [9.17, 15) is 9.18 Å². The van der Waals surface area contributed by atoms with Gasteiger partial charge < -0.3 is 15.4 Å². The number of carbonyl (C=O) groups is 1. The van der Waals surface area contributed by atoms with Crippen LogP contribution in [0, 0.1) is 5.92 Å². The van der Waals surface area contributed by atoms with Crippen molar-refractivity contribution in [1.29, 1.82) is 0 Å². The molecular weight excluding hydrogens is 285 g/mol. The summed E-state index contributed by atoms with van der Waals surface area (Å²) in [4.78, 5) is 17.1. The summed E-state index contributed by atoms with van der Waals surface area (Å²) in [7, 11) is 0. The Morgan fingerprint density at radius 1 is 1.23 bits per heavy atom. The maximum absolute atomic E-state index is 12.3. The van der Waals surface area contributed by atoms with Crippen LogP contribution in [0.2, 0.25) is 0 Å². The number of piperidine rings is 1. The Kier molecular flexibility index (Phi) is 5.08. The second-order valence-corrected chi connectivity index (χ2v) is 6.62. The summed E-state index contributed by atoms with van der Waals surface area (Å²) in [5.41, 5.74) is -0.505. The van der Waals surface area contributed by atoms with Gasteiger partial charge in [0.15, 0.2) is 0 Å². The summed E-state index contributed by atoms with van der Waals surface area (Å²) in [6.07, 6.45) is 6.25. The predicted molar refractivity (Wildman–Crippen MR) is 82.7 cm³/mol. The van der Waals surface area contributed by atoms with Crippen molar-refractivity contribution in [2.75, 3.05) is 26.4 Å². The average molecular weight is 311 g/mol. The highest BCUT2D eigenvalue weighted by molar-refractivity contribution is 6.09.